The van der Waals surface area contributed by atoms with Crippen LogP contribution in [0, 0.1) is 11.7 Å². The number of halogens is 2. The highest BCUT2D eigenvalue weighted by Gasteiger charge is 2.20. The summed E-state index contributed by atoms with van der Waals surface area (Å²) >= 11 is 6.05. The fourth-order valence-corrected chi connectivity index (χ4v) is 2.01. The third-order valence-electron chi connectivity index (χ3n) is 3.22. The lowest BCUT2D eigenvalue weighted by Gasteiger charge is -2.13. The second-order valence-electron chi connectivity index (χ2n) is 5.19. The van der Waals surface area contributed by atoms with Gasteiger partial charge in [-0.1, -0.05) is 43.2 Å². The number of benzene rings is 1. The molecule has 0 bridgehead atoms. The van der Waals surface area contributed by atoms with Crippen molar-refractivity contribution in [2.45, 2.75) is 32.7 Å². The van der Waals surface area contributed by atoms with E-state index in [0.29, 0.717) is 17.0 Å². The molecule has 0 spiro atoms. The average Bonchev–Trinajstić information content (AvgIpc) is 3.10. The molecule has 1 saturated carbocycles. The molecule has 1 aliphatic rings. The Bertz CT molecular complexity index is 450. The normalized spacial score (nSPS) is 16.4. The van der Waals surface area contributed by atoms with Gasteiger partial charge in [-0.3, -0.25) is 0 Å². The Hall–Kier alpha value is -0.860. The molecule has 1 fully saturated rings. The minimum Gasteiger partial charge on any atom is -0.310 e. The van der Waals surface area contributed by atoms with Gasteiger partial charge in [0, 0.05) is 12.6 Å². The summed E-state index contributed by atoms with van der Waals surface area (Å²) in [5.74, 6) is 0.164. The van der Waals surface area contributed by atoms with Crippen LogP contribution in [0.15, 0.2) is 23.8 Å². The van der Waals surface area contributed by atoms with E-state index in [-0.39, 0.29) is 5.82 Å². The highest BCUT2D eigenvalue weighted by molar-refractivity contribution is 6.32. The summed E-state index contributed by atoms with van der Waals surface area (Å²) in [5.41, 5.74) is 2.19. The summed E-state index contributed by atoms with van der Waals surface area (Å²) in [4.78, 5) is 0. The van der Waals surface area contributed by atoms with Gasteiger partial charge < -0.3 is 5.32 Å². The molecular weight excluding hydrogens is 249 g/mol. The van der Waals surface area contributed by atoms with E-state index in [1.54, 1.807) is 6.07 Å². The van der Waals surface area contributed by atoms with Gasteiger partial charge in [0.25, 0.3) is 0 Å². The van der Waals surface area contributed by atoms with E-state index in [1.165, 1.54) is 30.5 Å². The molecule has 1 aliphatic carbocycles. The second kappa shape index (κ2) is 5.85. The van der Waals surface area contributed by atoms with Crippen LogP contribution in [0.3, 0.4) is 0 Å². The predicted molar refractivity (Wildman–Crippen MR) is 75.2 cm³/mol. The Labute approximate surface area is 113 Å². The van der Waals surface area contributed by atoms with Crippen LogP contribution < -0.4 is 5.32 Å². The molecule has 1 aromatic rings. The fourth-order valence-electron chi connectivity index (χ4n) is 1.79. The van der Waals surface area contributed by atoms with Crippen LogP contribution in [-0.4, -0.2) is 12.6 Å². The maximum Gasteiger partial charge on any atom is 0.124 e. The number of nitrogens with one attached hydrogen (secondary N) is 1. The molecule has 0 saturated heterocycles. The molecule has 0 amide bonds. The molecule has 1 aromatic carbocycles. The predicted octanol–water partition coefficient (Wildman–Crippen LogP) is 4.27. The molecule has 3 heteroatoms. The van der Waals surface area contributed by atoms with E-state index in [4.69, 9.17) is 11.6 Å². The lowest BCUT2D eigenvalue weighted by atomic mass is 10.00. The minimum atomic E-state index is -0.292. The third-order valence-corrected chi connectivity index (χ3v) is 3.54. The van der Waals surface area contributed by atoms with Crippen molar-refractivity contribution in [3.8, 4) is 0 Å². The number of hydrogen-bond acceptors (Lipinski definition) is 1. The van der Waals surface area contributed by atoms with Crippen molar-refractivity contribution in [3.05, 3.63) is 40.2 Å². The second-order valence-corrected chi connectivity index (χ2v) is 5.60. The van der Waals surface area contributed by atoms with Gasteiger partial charge in [0.2, 0.25) is 0 Å². The van der Waals surface area contributed by atoms with Crippen molar-refractivity contribution in [1.29, 1.82) is 0 Å². The van der Waals surface area contributed by atoms with Gasteiger partial charge in [-0.05, 0) is 36.5 Å². The Morgan fingerprint density at radius 3 is 2.78 bits per heavy atom. The molecule has 1 N–H and O–H groups in total. The summed E-state index contributed by atoms with van der Waals surface area (Å²) in [5, 5.41) is 3.98. The van der Waals surface area contributed by atoms with Gasteiger partial charge in [-0.25, -0.2) is 4.39 Å². The number of hydrogen-bond donors (Lipinski definition) is 1. The smallest absolute Gasteiger partial charge is 0.124 e. The number of rotatable bonds is 5. The van der Waals surface area contributed by atoms with Crippen molar-refractivity contribution in [3.63, 3.8) is 0 Å². The SMILES string of the molecule is CC(C)/C(=C/c1ccc(F)cc1Cl)CNC1CC1. The van der Waals surface area contributed by atoms with Crippen LogP contribution in [0.4, 0.5) is 4.39 Å². The quantitative estimate of drug-likeness (QED) is 0.840. The molecule has 0 aromatic heterocycles. The molecule has 0 atom stereocenters. The minimum absolute atomic E-state index is 0.292. The van der Waals surface area contributed by atoms with E-state index in [0.717, 1.165) is 12.1 Å². The summed E-state index contributed by atoms with van der Waals surface area (Å²) in [6.07, 6.45) is 4.63. The first-order valence-electron chi connectivity index (χ1n) is 6.45. The van der Waals surface area contributed by atoms with Crippen molar-refractivity contribution >= 4 is 17.7 Å². The van der Waals surface area contributed by atoms with Crippen LogP contribution in [0.25, 0.3) is 6.08 Å². The lowest BCUT2D eigenvalue weighted by molar-refractivity contribution is 0.628. The molecule has 0 aliphatic heterocycles. The summed E-state index contributed by atoms with van der Waals surface area (Å²) in [6.45, 7) is 5.21. The standard InChI is InChI=1S/C15H19ClFN/c1-10(2)12(9-18-14-5-6-14)7-11-3-4-13(17)8-15(11)16/h3-4,7-8,10,14,18H,5-6,9H2,1-2H3/b12-7+. The molecular formula is C15H19ClFN. The van der Waals surface area contributed by atoms with Crippen LogP contribution in [0.2, 0.25) is 5.02 Å². The van der Waals surface area contributed by atoms with Gasteiger partial charge in [-0.15, -0.1) is 0 Å². The lowest BCUT2D eigenvalue weighted by Crippen LogP contribution is -2.21. The first-order chi connectivity index (χ1) is 8.56. The van der Waals surface area contributed by atoms with Gasteiger partial charge >= 0.3 is 0 Å². The average molecular weight is 268 g/mol. The molecule has 0 unspecified atom stereocenters. The Balaban J connectivity index is 2.14. The van der Waals surface area contributed by atoms with Crippen LogP contribution in [0.1, 0.15) is 32.3 Å². The van der Waals surface area contributed by atoms with Crippen molar-refractivity contribution in [1.82, 2.24) is 5.32 Å². The topological polar surface area (TPSA) is 12.0 Å². The summed E-state index contributed by atoms with van der Waals surface area (Å²) < 4.78 is 13.0. The Kier molecular flexibility index (Phi) is 4.41. The zero-order chi connectivity index (χ0) is 13.1. The van der Waals surface area contributed by atoms with E-state index >= 15 is 0 Å². The highest BCUT2D eigenvalue weighted by atomic mass is 35.5. The van der Waals surface area contributed by atoms with Gasteiger partial charge in [0.15, 0.2) is 0 Å². The Morgan fingerprint density at radius 1 is 1.50 bits per heavy atom. The van der Waals surface area contributed by atoms with E-state index < -0.39 is 0 Å². The monoisotopic (exact) mass is 267 g/mol. The maximum absolute atomic E-state index is 13.0. The zero-order valence-electron chi connectivity index (χ0n) is 10.8. The van der Waals surface area contributed by atoms with E-state index in [2.05, 4.69) is 25.2 Å². The van der Waals surface area contributed by atoms with E-state index in [1.807, 2.05) is 0 Å². The summed E-state index contributed by atoms with van der Waals surface area (Å²) in [7, 11) is 0. The van der Waals surface area contributed by atoms with Crippen molar-refractivity contribution in [2.75, 3.05) is 6.54 Å². The molecule has 1 nitrogen and oxygen atoms in total. The third kappa shape index (κ3) is 3.82. The van der Waals surface area contributed by atoms with Gasteiger partial charge in [0.1, 0.15) is 5.82 Å². The molecule has 18 heavy (non-hydrogen) atoms. The van der Waals surface area contributed by atoms with Gasteiger partial charge in [0.05, 0.1) is 5.02 Å². The first kappa shape index (κ1) is 13.6. The van der Waals surface area contributed by atoms with Crippen LogP contribution in [0.5, 0.6) is 0 Å². The largest absolute Gasteiger partial charge is 0.310 e. The molecule has 98 valence electrons. The molecule has 0 radical (unpaired) electrons. The van der Waals surface area contributed by atoms with Crippen LogP contribution >= 0.6 is 11.6 Å². The Morgan fingerprint density at radius 2 is 2.22 bits per heavy atom. The fraction of sp³-hybridized carbons (Fsp3) is 0.467. The molecule has 0 heterocycles. The van der Waals surface area contributed by atoms with Gasteiger partial charge in [-0.2, -0.15) is 0 Å². The van der Waals surface area contributed by atoms with Crippen molar-refractivity contribution in [2.24, 2.45) is 5.92 Å². The van der Waals surface area contributed by atoms with E-state index in [9.17, 15) is 4.39 Å². The van der Waals surface area contributed by atoms with Crippen LogP contribution in [-0.2, 0) is 0 Å². The van der Waals surface area contributed by atoms with Crippen molar-refractivity contribution < 1.29 is 4.39 Å². The zero-order valence-corrected chi connectivity index (χ0v) is 11.6. The maximum atomic E-state index is 13.0. The highest BCUT2D eigenvalue weighted by Crippen LogP contribution is 2.24. The molecule has 2 rings (SSSR count). The summed E-state index contributed by atoms with van der Waals surface area (Å²) in [6, 6.07) is 5.23. The first-order valence-corrected chi connectivity index (χ1v) is 6.83.